The number of nitro benzene ring substituents is 1. The van der Waals surface area contributed by atoms with Gasteiger partial charge in [-0.05, 0) is 36.8 Å². The lowest BCUT2D eigenvalue weighted by Crippen LogP contribution is -2.39. The van der Waals surface area contributed by atoms with E-state index >= 15 is 0 Å². The Kier molecular flexibility index (Phi) is 6.30. The molecule has 8 heteroatoms. The number of hydrogen-bond donors (Lipinski definition) is 1. The largest absolute Gasteiger partial charge is 0.356 e. The van der Waals surface area contributed by atoms with Crippen molar-refractivity contribution in [3.63, 3.8) is 0 Å². The molecule has 2 heterocycles. The van der Waals surface area contributed by atoms with E-state index < -0.39 is 4.92 Å². The van der Waals surface area contributed by atoms with Gasteiger partial charge < -0.3 is 10.2 Å². The van der Waals surface area contributed by atoms with E-state index in [-0.39, 0.29) is 11.6 Å². The van der Waals surface area contributed by atoms with Crippen LogP contribution in [0.4, 0.5) is 11.6 Å². The molecule has 27 heavy (non-hydrogen) atoms. The van der Waals surface area contributed by atoms with Crippen LogP contribution in [0.3, 0.4) is 0 Å². The molecule has 1 saturated heterocycles. The van der Waals surface area contributed by atoms with Gasteiger partial charge in [0.25, 0.3) is 5.69 Å². The van der Waals surface area contributed by atoms with Crippen molar-refractivity contribution in [2.75, 3.05) is 24.5 Å². The van der Waals surface area contributed by atoms with Gasteiger partial charge in [0.2, 0.25) is 11.9 Å². The van der Waals surface area contributed by atoms with Gasteiger partial charge in [0.05, 0.1) is 4.92 Å². The van der Waals surface area contributed by atoms with Crippen molar-refractivity contribution < 1.29 is 9.72 Å². The number of aryl methyl sites for hydroxylation is 1. The Bertz CT molecular complexity index is 776. The van der Waals surface area contributed by atoms with Gasteiger partial charge in [-0.25, -0.2) is 9.97 Å². The number of benzene rings is 1. The maximum absolute atomic E-state index is 12.1. The summed E-state index contributed by atoms with van der Waals surface area (Å²) < 4.78 is 0. The number of nitrogens with one attached hydrogen (secondary N) is 1. The lowest BCUT2D eigenvalue weighted by molar-refractivity contribution is -0.384. The van der Waals surface area contributed by atoms with Crippen LogP contribution < -0.4 is 10.2 Å². The molecule has 0 bridgehead atoms. The number of carbonyl (C=O) groups excluding carboxylic acids is 1. The fourth-order valence-electron chi connectivity index (χ4n) is 3.22. The summed E-state index contributed by atoms with van der Waals surface area (Å²) in [5.74, 6) is 1.19. The number of piperidine rings is 1. The number of amides is 1. The maximum Gasteiger partial charge on any atom is 0.269 e. The van der Waals surface area contributed by atoms with Crippen LogP contribution in [0.2, 0.25) is 0 Å². The SMILES string of the molecule is O=C(CCc1cccc([N+](=O)[O-])c1)NCC1CCN(c2ncccn2)CC1. The molecule has 142 valence electrons. The normalized spacial score (nSPS) is 14.7. The first-order chi connectivity index (χ1) is 13.1. The van der Waals surface area contributed by atoms with Crippen molar-refractivity contribution >= 4 is 17.5 Å². The van der Waals surface area contributed by atoms with Crippen LogP contribution in [-0.2, 0) is 11.2 Å². The number of nitro groups is 1. The summed E-state index contributed by atoms with van der Waals surface area (Å²) in [7, 11) is 0. The quantitative estimate of drug-likeness (QED) is 0.594. The van der Waals surface area contributed by atoms with E-state index in [2.05, 4.69) is 20.2 Å². The minimum absolute atomic E-state index is 0.0182. The third-order valence-corrected chi connectivity index (χ3v) is 4.80. The van der Waals surface area contributed by atoms with Crippen molar-refractivity contribution in [3.8, 4) is 0 Å². The lowest BCUT2D eigenvalue weighted by Gasteiger charge is -2.31. The van der Waals surface area contributed by atoms with Gasteiger partial charge in [-0.1, -0.05) is 12.1 Å². The molecule has 3 rings (SSSR count). The second-order valence-corrected chi connectivity index (χ2v) is 6.71. The molecule has 0 aliphatic carbocycles. The van der Waals surface area contributed by atoms with E-state index in [1.807, 2.05) is 6.07 Å². The van der Waals surface area contributed by atoms with E-state index in [0.29, 0.717) is 25.3 Å². The second-order valence-electron chi connectivity index (χ2n) is 6.71. The molecule has 1 N–H and O–H groups in total. The molecule has 1 aromatic heterocycles. The Morgan fingerprint density at radius 3 is 2.67 bits per heavy atom. The van der Waals surface area contributed by atoms with E-state index in [9.17, 15) is 14.9 Å². The fraction of sp³-hybridized carbons (Fsp3) is 0.421. The lowest BCUT2D eigenvalue weighted by atomic mass is 9.97. The Morgan fingerprint density at radius 1 is 1.22 bits per heavy atom. The van der Waals surface area contributed by atoms with Gasteiger partial charge >= 0.3 is 0 Å². The standard InChI is InChI=1S/C19H23N5O3/c25-18(6-5-15-3-1-4-17(13-15)24(26)27)22-14-16-7-11-23(12-8-16)19-20-9-2-10-21-19/h1-4,9-10,13,16H,5-8,11-12,14H2,(H,22,25). The summed E-state index contributed by atoms with van der Waals surface area (Å²) >= 11 is 0. The highest BCUT2D eigenvalue weighted by Crippen LogP contribution is 2.19. The maximum atomic E-state index is 12.1. The topological polar surface area (TPSA) is 101 Å². The minimum atomic E-state index is -0.420. The van der Waals surface area contributed by atoms with Crippen LogP contribution >= 0.6 is 0 Å². The van der Waals surface area contributed by atoms with Crippen LogP contribution in [-0.4, -0.2) is 40.4 Å². The van der Waals surface area contributed by atoms with Crippen molar-refractivity contribution in [1.82, 2.24) is 15.3 Å². The highest BCUT2D eigenvalue weighted by atomic mass is 16.6. The zero-order valence-electron chi connectivity index (χ0n) is 15.1. The van der Waals surface area contributed by atoms with Crippen molar-refractivity contribution in [1.29, 1.82) is 0 Å². The summed E-state index contributed by atoms with van der Waals surface area (Å²) in [6.45, 7) is 2.44. The van der Waals surface area contributed by atoms with Crippen LogP contribution in [0, 0.1) is 16.0 Å². The molecule has 1 aromatic carbocycles. The zero-order valence-corrected chi connectivity index (χ0v) is 15.1. The molecule has 8 nitrogen and oxygen atoms in total. The molecule has 0 unspecified atom stereocenters. The number of anilines is 1. The molecule has 0 atom stereocenters. The minimum Gasteiger partial charge on any atom is -0.356 e. The summed E-state index contributed by atoms with van der Waals surface area (Å²) in [6, 6.07) is 8.24. The van der Waals surface area contributed by atoms with Crippen LogP contribution in [0.1, 0.15) is 24.8 Å². The Labute approximate surface area is 157 Å². The molecular formula is C19H23N5O3. The number of carbonyl (C=O) groups is 1. The third-order valence-electron chi connectivity index (χ3n) is 4.80. The Morgan fingerprint density at radius 2 is 1.96 bits per heavy atom. The van der Waals surface area contributed by atoms with Gasteiger partial charge in [-0.15, -0.1) is 0 Å². The molecule has 0 radical (unpaired) electrons. The van der Waals surface area contributed by atoms with E-state index in [4.69, 9.17) is 0 Å². The van der Waals surface area contributed by atoms with E-state index in [1.54, 1.807) is 24.5 Å². The summed E-state index contributed by atoms with van der Waals surface area (Å²) in [4.78, 5) is 33.2. The molecular weight excluding hydrogens is 346 g/mol. The molecule has 1 fully saturated rings. The van der Waals surface area contributed by atoms with Gasteiger partial charge in [0, 0.05) is 50.6 Å². The van der Waals surface area contributed by atoms with E-state index in [1.165, 1.54) is 12.1 Å². The smallest absolute Gasteiger partial charge is 0.269 e. The number of nitrogens with zero attached hydrogens (tertiary/aromatic N) is 4. The first kappa shape index (κ1) is 18.8. The van der Waals surface area contributed by atoms with Crippen LogP contribution in [0.25, 0.3) is 0 Å². The average Bonchev–Trinajstić information content (AvgIpc) is 2.72. The van der Waals surface area contributed by atoms with Gasteiger partial charge in [-0.3, -0.25) is 14.9 Å². The average molecular weight is 369 g/mol. The van der Waals surface area contributed by atoms with Crippen LogP contribution in [0.5, 0.6) is 0 Å². The van der Waals surface area contributed by atoms with E-state index in [0.717, 1.165) is 37.4 Å². The summed E-state index contributed by atoms with van der Waals surface area (Å²) in [6.07, 6.45) is 6.30. The first-order valence-electron chi connectivity index (χ1n) is 9.14. The second kappa shape index (κ2) is 9.07. The molecule has 1 aliphatic heterocycles. The van der Waals surface area contributed by atoms with Crippen molar-refractivity contribution in [2.24, 2.45) is 5.92 Å². The zero-order chi connectivity index (χ0) is 19.1. The highest BCUT2D eigenvalue weighted by Gasteiger charge is 2.21. The molecule has 1 amide bonds. The van der Waals surface area contributed by atoms with Crippen LogP contribution in [0.15, 0.2) is 42.7 Å². The Balaban J connectivity index is 1.37. The summed E-state index contributed by atoms with van der Waals surface area (Å²) in [5, 5.41) is 13.8. The molecule has 0 saturated carbocycles. The number of hydrogen-bond acceptors (Lipinski definition) is 6. The van der Waals surface area contributed by atoms with Gasteiger partial charge in [-0.2, -0.15) is 0 Å². The highest BCUT2D eigenvalue weighted by molar-refractivity contribution is 5.76. The summed E-state index contributed by atoms with van der Waals surface area (Å²) in [5.41, 5.74) is 0.859. The predicted molar refractivity (Wildman–Crippen MR) is 101 cm³/mol. The number of rotatable bonds is 7. The fourth-order valence-corrected chi connectivity index (χ4v) is 3.22. The Hall–Kier alpha value is -3.03. The van der Waals surface area contributed by atoms with Crippen molar-refractivity contribution in [3.05, 3.63) is 58.4 Å². The number of aromatic nitrogens is 2. The van der Waals surface area contributed by atoms with Crippen molar-refractivity contribution in [2.45, 2.75) is 25.7 Å². The molecule has 1 aliphatic rings. The first-order valence-corrected chi connectivity index (χ1v) is 9.14. The van der Waals surface area contributed by atoms with Gasteiger partial charge in [0.1, 0.15) is 0 Å². The number of non-ortho nitro benzene ring substituents is 1. The molecule has 2 aromatic rings. The molecule has 0 spiro atoms. The predicted octanol–water partition coefficient (Wildman–Crippen LogP) is 2.35. The monoisotopic (exact) mass is 369 g/mol. The third kappa shape index (κ3) is 5.47. The van der Waals surface area contributed by atoms with Gasteiger partial charge in [0.15, 0.2) is 0 Å².